The number of anilines is 1. The highest BCUT2D eigenvalue weighted by molar-refractivity contribution is 5.64. The van der Waals surface area contributed by atoms with Crippen molar-refractivity contribution in [1.82, 2.24) is 0 Å². The van der Waals surface area contributed by atoms with E-state index in [4.69, 9.17) is 4.42 Å². The highest BCUT2D eigenvalue weighted by Gasteiger charge is 2.12. The molecule has 2 aromatic carbocycles. The first-order chi connectivity index (χ1) is 11.1. The minimum Gasteiger partial charge on any atom is -0.422 e. The lowest BCUT2D eigenvalue weighted by Crippen LogP contribution is -2.13. The van der Waals surface area contributed by atoms with Crippen molar-refractivity contribution < 1.29 is 4.42 Å². The first-order valence-electron chi connectivity index (χ1n) is 7.67. The summed E-state index contributed by atoms with van der Waals surface area (Å²) >= 11 is 0. The van der Waals surface area contributed by atoms with Gasteiger partial charge in [-0.3, -0.25) is 0 Å². The fourth-order valence-electron chi connectivity index (χ4n) is 2.51. The second-order valence-electron chi connectivity index (χ2n) is 5.58. The Hall–Kier alpha value is -2.81. The van der Waals surface area contributed by atoms with E-state index in [9.17, 15) is 4.79 Å². The molecule has 1 atom stereocenters. The van der Waals surface area contributed by atoms with Crippen LogP contribution in [-0.4, -0.2) is 0 Å². The second kappa shape index (κ2) is 6.53. The summed E-state index contributed by atoms with van der Waals surface area (Å²) in [6, 6.07) is 21.8. The predicted octanol–water partition coefficient (Wildman–Crippen LogP) is 4.79. The molecule has 0 spiro atoms. The summed E-state index contributed by atoms with van der Waals surface area (Å²) in [5.41, 5.74) is 3.14. The molecule has 23 heavy (non-hydrogen) atoms. The standard InChI is InChI=1S/C20H19NO2/c1-14-18(21-15(2)16-9-5-3-6-10-16)13-19(23-20(14)22)17-11-7-4-8-12-17/h3-13,15,21H,1-2H3/t15-/m1/s1. The highest BCUT2D eigenvalue weighted by atomic mass is 16.4. The number of hydrogen-bond donors (Lipinski definition) is 1. The van der Waals surface area contributed by atoms with Gasteiger partial charge in [-0.25, -0.2) is 4.79 Å². The Bertz CT molecular complexity index is 839. The maximum absolute atomic E-state index is 12.1. The number of nitrogens with one attached hydrogen (secondary N) is 1. The van der Waals surface area contributed by atoms with Crippen LogP contribution in [0.2, 0.25) is 0 Å². The molecular weight excluding hydrogens is 286 g/mol. The van der Waals surface area contributed by atoms with Gasteiger partial charge >= 0.3 is 5.63 Å². The van der Waals surface area contributed by atoms with Crippen LogP contribution in [0.3, 0.4) is 0 Å². The first-order valence-corrected chi connectivity index (χ1v) is 7.67. The third-order valence-electron chi connectivity index (χ3n) is 3.92. The van der Waals surface area contributed by atoms with Gasteiger partial charge in [-0.1, -0.05) is 60.7 Å². The van der Waals surface area contributed by atoms with Crippen LogP contribution >= 0.6 is 0 Å². The van der Waals surface area contributed by atoms with Gasteiger partial charge in [-0.05, 0) is 19.4 Å². The van der Waals surface area contributed by atoms with E-state index in [1.807, 2.05) is 54.6 Å². The zero-order valence-electron chi connectivity index (χ0n) is 13.2. The van der Waals surface area contributed by atoms with E-state index in [1.54, 1.807) is 6.92 Å². The summed E-state index contributed by atoms with van der Waals surface area (Å²) in [7, 11) is 0. The fraction of sp³-hybridized carbons (Fsp3) is 0.150. The van der Waals surface area contributed by atoms with Crippen molar-refractivity contribution in [2.75, 3.05) is 5.32 Å². The molecule has 0 amide bonds. The van der Waals surface area contributed by atoms with Crippen molar-refractivity contribution in [3.8, 4) is 11.3 Å². The van der Waals surface area contributed by atoms with Gasteiger partial charge in [0.2, 0.25) is 0 Å². The van der Waals surface area contributed by atoms with Crippen LogP contribution in [0.25, 0.3) is 11.3 Å². The SMILES string of the molecule is Cc1c(N[C@H](C)c2ccccc2)cc(-c2ccccc2)oc1=O. The normalized spacial score (nSPS) is 11.9. The molecule has 3 rings (SSSR count). The van der Waals surface area contributed by atoms with Crippen LogP contribution in [0.4, 0.5) is 5.69 Å². The molecule has 1 N–H and O–H groups in total. The number of benzene rings is 2. The van der Waals surface area contributed by atoms with E-state index in [0.29, 0.717) is 11.3 Å². The zero-order chi connectivity index (χ0) is 16.2. The second-order valence-corrected chi connectivity index (χ2v) is 5.58. The maximum Gasteiger partial charge on any atom is 0.341 e. The third kappa shape index (κ3) is 3.34. The Morgan fingerprint density at radius 3 is 2.22 bits per heavy atom. The van der Waals surface area contributed by atoms with Crippen LogP contribution in [-0.2, 0) is 0 Å². The Labute approximate surface area is 135 Å². The Morgan fingerprint density at radius 2 is 1.57 bits per heavy atom. The van der Waals surface area contributed by atoms with Crippen molar-refractivity contribution in [3.63, 3.8) is 0 Å². The molecule has 3 aromatic rings. The summed E-state index contributed by atoms with van der Waals surface area (Å²) in [5, 5.41) is 3.42. The molecule has 0 aliphatic carbocycles. The number of hydrogen-bond acceptors (Lipinski definition) is 3. The third-order valence-corrected chi connectivity index (χ3v) is 3.92. The fourth-order valence-corrected chi connectivity index (χ4v) is 2.51. The molecule has 0 saturated heterocycles. The molecule has 0 fully saturated rings. The van der Waals surface area contributed by atoms with Gasteiger partial charge in [0.05, 0.1) is 5.56 Å². The summed E-state index contributed by atoms with van der Waals surface area (Å²) < 4.78 is 5.43. The Kier molecular flexibility index (Phi) is 4.29. The van der Waals surface area contributed by atoms with Crippen molar-refractivity contribution in [1.29, 1.82) is 0 Å². The lowest BCUT2D eigenvalue weighted by molar-refractivity contribution is 0.521. The summed E-state index contributed by atoms with van der Waals surface area (Å²) in [6.07, 6.45) is 0. The van der Waals surface area contributed by atoms with Gasteiger partial charge in [0.25, 0.3) is 0 Å². The summed E-state index contributed by atoms with van der Waals surface area (Å²) in [4.78, 5) is 12.1. The van der Waals surface area contributed by atoms with E-state index in [-0.39, 0.29) is 11.7 Å². The van der Waals surface area contributed by atoms with Gasteiger partial charge in [0.1, 0.15) is 5.76 Å². The summed E-state index contributed by atoms with van der Waals surface area (Å²) in [6.45, 7) is 3.85. The molecule has 0 aliphatic heterocycles. The van der Waals surface area contributed by atoms with E-state index in [2.05, 4.69) is 24.4 Å². The molecule has 0 bridgehead atoms. The molecule has 1 heterocycles. The lowest BCUT2D eigenvalue weighted by Gasteiger charge is -2.17. The van der Waals surface area contributed by atoms with Crippen molar-refractivity contribution >= 4 is 5.69 Å². The Morgan fingerprint density at radius 1 is 0.957 bits per heavy atom. The Balaban J connectivity index is 1.96. The van der Waals surface area contributed by atoms with Gasteiger partial charge < -0.3 is 9.73 Å². The molecule has 1 aromatic heterocycles. The zero-order valence-corrected chi connectivity index (χ0v) is 13.2. The topological polar surface area (TPSA) is 42.2 Å². The monoisotopic (exact) mass is 305 g/mol. The van der Waals surface area contributed by atoms with Crippen LogP contribution in [0.1, 0.15) is 24.1 Å². The van der Waals surface area contributed by atoms with E-state index in [0.717, 1.165) is 11.3 Å². The largest absolute Gasteiger partial charge is 0.422 e. The van der Waals surface area contributed by atoms with Crippen molar-refractivity contribution in [2.24, 2.45) is 0 Å². The minimum atomic E-state index is -0.311. The smallest absolute Gasteiger partial charge is 0.341 e. The predicted molar refractivity (Wildman–Crippen MR) is 93.6 cm³/mol. The average molecular weight is 305 g/mol. The van der Waals surface area contributed by atoms with Crippen LogP contribution in [0.5, 0.6) is 0 Å². The van der Waals surface area contributed by atoms with E-state index < -0.39 is 0 Å². The van der Waals surface area contributed by atoms with Crippen LogP contribution < -0.4 is 10.9 Å². The molecular formula is C20H19NO2. The molecule has 0 radical (unpaired) electrons. The van der Waals surface area contributed by atoms with Gasteiger partial charge in [0.15, 0.2) is 0 Å². The van der Waals surface area contributed by atoms with Gasteiger partial charge in [-0.15, -0.1) is 0 Å². The molecule has 116 valence electrons. The maximum atomic E-state index is 12.1. The van der Waals surface area contributed by atoms with Crippen molar-refractivity contribution in [3.05, 3.63) is 88.3 Å². The highest BCUT2D eigenvalue weighted by Crippen LogP contribution is 2.26. The molecule has 3 nitrogen and oxygen atoms in total. The lowest BCUT2D eigenvalue weighted by atomic mass is 10.1. The first kappa shape index (κ1) is 15.1. The quantitative estimate of drug-likeness (QED) is 0.753. The van der Waals surface area contributed by atoms with Crippen molar-refractivity contribution in [2.45, 2.75) is 19.9 Å². The van der Waals surface area contributed by atoms with Crippen LogP contribution in [0, 0.1) is 6.92 Å². The molecule has 3 heteroatoms. The minimum absolute atomic E-state index is 0.0975. The van der Waals surface area contributed by atoms with Crippen LogP contribution in [0.15, 0.2) is 75.9 Å². The van der Waals surface area contributed by atoms with E-state index >= 15 is 0 Å². The van der Waals surface area contributed by atoms with Gasteiger partial charge in [-0.2, -0.15) is 0 Å². The molecule has 0 unspecified atom stereocenters. The molecule has 0 aliphatic rings. The van der Waals surface area contributed by atoms with Gasteiger partial charge in [0, 0.05) is 23.4 Å². The van der Waals surface area contributed by atoms with E-state index in [1.165, 1.54) is 5.56 Å². The number of rotatable bonds is 4. The average Bonchev–Trinajstić information content (AvgIpc) is 2.60. The summed E-state index contributed by atoms with van der Waals surface area (Å²) in [5.74, 6) is 0.573. The molecule has 0 saturated carbocycles.